The van der Waals surface area contributed by atoms with Crippen molar-refractivity contribution in [1.82, 2.24) is 34.5 Å². The molecule has 1 N–H and O–H groups in total. The van der Waals surface area contributed by atoms with Gasteiger partial charge < -0.3 is 15.0 Å². The molecular weight excluding hydrogens is 496 g/mol. The van der Waals surface area contributed by atoms with Gasteiger partial charge in [-0.15, -0.1) is 10.2 Å². The number of methoxy groups -OCH3 is 1. The Morgan fingerprint density at radius 2 is 2.08 bits per heavy atom. The second-order valence-electron chi connectivity index (χ2n) is 8.81. The van der Waals surface area contributed by atoms with E-state index in [1.807, 2.05) is 0 Å². The number of carbonyl (C=O) groups excluding carboxylic acids is 1. The maximum Gasteiger partial charge on any atom is 0.244 e. The summed E-state index contributed by atoms with van der Waals surface area (Å²) in [5, 5.41) is 15.0. The van der Waals surface area contributed by atoms with Crippen LogP contribution in [0.4, 0.5) is 23.5 Å². The van der Waals surface area contributed by atoms with E-state index >= 15 is 4.39 Å². The normalized spacial score (nSPS) is 18.2. The lowest BCUT2D eigenvalue weighted by Crippen LogP contribution is -2.49. The highest BCUT2D eigenvalue weighted by Crippen LogP contribution is 2.35. The van der Waals surface area contributed by atoms with E-state index in [1.54, 1.807) is 12.1 Å². The number of aromatic nitrogens is 6. The van der Waals surface area contributed by atoms with Crippen LogP contribution in [0.5, 0.6) is 5.88 Å². The lowest BCUT2D eigenvalue weighted by molar-refractivity contribution is -0.131. The Labute approximate surface area is 208 Å². The van der Waals surface area contributed by atoms with E-state index in [0.29, 0.717) is 29.6 Å². The molecule has 2 atom stereocenters. The summed E-state index contributed by atoms with van der Waals surface area (Å²) < 4.78 is 64.4. The van der Waals surface area contributed by atoms with Gasteiger partial charge in [0.15, 0.2) is 5.82 Å². The van der Waals surface area contributed by atoms with E-state index in [2.05, 4.69) is 25.7 Å². The van der Waals surface area contributed by atoms with Gasteiger partial charge in [-0.2, -0.15) is 4.98 Å². The molecule has 5 rings (SSSR count). The molecular formula is C23H24F4N8O2. The highest BCUT2D eigenvalue weighted by atomic mass is 19.1. The molecule has 37 heavy (non-hydrogen) atoms. The summed E-state index contributed by atoms with van der Waals surface area (Å²) in [5.41, 5.74) is 1.41. The van der Waals surface area contributed by atoms with Crippen LogP contribution in [0.1, 0.15) is 19.4 Å². The first-order chi connectivity index (χ1) is 17.8. The van der Waals surface area contributed by atoms with Crippen LogP contribution in [-0.4, -0.2) is 86.2 Å². The fourth-order valence-corrected chi connectivity index (χ4v) is 4.55. The van der Waals surface area contributed by atoms with Gasteiger partial charge in [-0.3, -0.25) is 4.79 Å². The van der Waals surface area contributed by atoms with Gasteiger partial charge in [0.1, 0.15) is 36.6 Å². The number of hydrogen-bond acceptors (Lipinski definition) is 7. The minimum absolute atomic E-state index is 0.0290. The summed E-state index contributed by atoms with van der Waals surface area (Å²) in [6.45, 7) is -0.229. The van der Waals surface area contributed by atoms with Crippen LogP contribution < -0.4 is 10.1 Å². The predicted octanol–water partition coefficient (Wildman–Crippen LogP) is 3.14. The SMILES string of the molecule is COc1nc(N[C@H]2CCN(C(C)=O)C[C@H]2F)nn2cc(F)c(-c3ccc4nnn(C(CF)CF)c4c3)c12. The summed E-state index contributed by atoms with van der Waals surface area (Å²) in [6.07, 6.45) is 0.135. The fraction of sp³-hybridized carbons (Fsp3) is 0.435. The summed E-state index contributed by atoms with van der Waals surface area (Å²) in [7, 11) is 1.36. The number of hydrogen-bond donors (Lipinski definition) is 1. The van der Waals surface area contributed by atoms with Gasteiger partial charge >= 0.3 is 0 Å². The van der Waals surface area contributed by atoms with Crippen molar-refractivity contribution in [3.8, 4) is 17.0 Å². The van der Waals surface area contributed by atoms with Crippen molar-refractivity contribution in [2.24, 2.45) is 0 Å². The minimum atomic E-state index is -1.34. The molecule has 14 heteroatoms. The molecule has 3 aromatic heterocycles. The number of anilines is 1. The molecule has 1 aliphatic heterocycles. The zero-order chi connectivity index (χ0) is 26.3. The Hall–Kier alpha value is -3.97. The van der Waals surface area contributed by atoms with Gasteiger partial charge in [-0.25, -0.2) is 26.8 Å². The Kier molecular flexibility index (Phi) is 6.56. The highest BCUT2D eigenvalue weighted by molar-refractivity contribution is 5.89. The van der Waals surface area contributed by atoms with Crippen LogP contribution >= 0.6 is 0 Å². The van der Waals surface area contributed by atoms with Gasteiger partial charge in [-0.05, 0) is 24.1 Å². The van der Waals surface area contributed by atoms with E-state index in [0.717, 1.165) is 10.9 Å². The number of alkyl halides is 3. The number of likely N-dealkylation sites (tertiary alicyclic amines) is 1. The Balaban J connectivity index is 1.52. The first-order valence-corrected chi connectivity index (χ1v) is 11.6. The molecule has 0 aliphatic carbocycles. The van der Waals surface area contributed by atoms with Crippen LogP contribution in [0.3, 0.4) is 0 Å². The Morgan fingerprint density at radius 1 is 1.30 bits per heavy atom. The summed E-state index contributed by atoms with van der Waals surface area (Å²) in [6, 6.07) is 2.91. The molecule has 1 aromatic carbocycles. The molecule has 4 heterocycles. The molecule has 0 bridgehead atoms. The largest absolute Gasteiger partial charge is 0.479 e. The Morgan fingerprint density at radius 3 is 2.76 bits per heavy atom. The molecule has 0 saturated carbocycles. The molecule has 0 spiro atoms. The second-order valence-corrected chi connectivity index (χ2v) is 8.81. The van der Waals surface area contributed by atoms with Crippen LogP contribution in [0.15, 0.2) is 24.4 Å². The van der Waals surface area contributed by atoms with E-state index in [9.17, 15) is 18.0 Å². The summed E-state index contributed by atoms with van der Waals surface area (Å²) >= 11 is 0. The smallest absolute Gasteiger partial charge is 0.244 e. The molecule has 0 radical (unpaired) electrons. The number of rotatable bonds is 7. The maximum atomic E-state index is 15.3. The van der Waals surface area contributed by atoms with Gasteiger partial charge in [-0.1, -0.05) is 11.3 Å². The zero-order valence-electron chi connectivity index (χ0n) is 20.0. The fourth-order valence-electron chi connectivity index (χ4n) is 4.55. The topological polar surface area (TPSA) is 102 Å². The number of benzene rings is 1. The number of amides is 1. The predicted molar refractivity (Wildman–Crippen MR) is 126 cm³/mol. The average Bonchev–Trinajstić information content (AvgIpc) is 3.45. The molecule has 1 fully saturated rings. The van der Waals surface area contributed by atoms with Crippen molar-refractivity contribution in [2.45, 2.75) is 31.6 Å². The van der Waals surface area contributed by atoms with Crippen molar-refractivity contribution < 1.29 is 27.1 Å². The first-order valence-electron chi connectivity index (χ1n) is 11.6. The molecule has 1 amide bonds. The van der Waals surface area contributed by atoms with Crippen LogP contribution in [0, 0.1) is 5.82 Å². The second kappa shape index (κ2) is 9.82. The quantitative estimate of drug-likeness (QED) is 0.374. The van der Waals surface area contributed by atoms with Gasteiger partial charge in [0.05, 0.1) is 37.0 Å². The number of halogens is 4. The average molecular weight is 520 g/mol. The maximum absolute atomic E-state index is 15.3. The third-order valence-electron chi connectivity index (χ3n) is 6.51. The summed E-state index contributed by atoms with van der Waals surface area (Å²) in [4.78, 5) is 17.3. The number of nitrogens with zero attached hydrogens (tertiary/aromatic N) is 7. The number of nitrogens with one attached hydrogen (secondary N) is 1. The minimum Gasteiger partial charge on any atom is -0.479 e. The first kappa shape index (κ1) is 24.7. The molecule has 10 nitrogen and oxygen atoms in total. The molecule has 1 saturated heterocycles. The number of piperidine rings is 1. The van der Waals surface area contributed by atoms with Crippen molar-refractivity contribution >= 4 is 28.4 Å². The van der Waals surface area contributed by atoms with Crippen LogP contribution in [-0.2, 0) is 4.79 Å². The van der Waals surface area contributed by atoms with E-state index < -0.39 is 37.4 Å². The van der Waals surface area contributed by atoms with Crippen molar-refractivity contribution in [1.29, 1.82) is 0 Å². The number of ether oxygens (including phenoxy) is 1. The lowest BCUT2D eigenvalue weighted by Gasteiger charge is -2.34. The molecule has 0 unspecified atom stereocenters. The third-order valence-corrected chi connectivity index (χ3v) is 6.51. The third kappa shape index (κ3) is 4.40. The number of carbonyl (C=O) groups is 1. The lowest BCUT2D eigenvalue weighted by atomic mass is 10.0. The highest BCUT2D eigenvalue weighted by Gasteiger charge is 2.31. The zero-order valence-corrected chi connectivity index (χ0v) is 20.0. The van der Waals surface area contributed by atoms with Gasteiger partial charge in [0.25, 0.3) is 0 Å². The van der Waals surface area contributed by atoms with E-state index in [1.165, 1.54) is 29.5 Å². The molecule has 196 valence electrons. The van der Waals surface area contributed by atoms with Crippen molar-refractivity contribution in [3.05, 3.63) is 30.2 Å². The standard InChI is InChI=1S/C23H24F4N8O2/c1-12(36)33-6-5-17(15(26)10-33)28-23-29-22(37-2)21-20(16(27)11-34(21)31-23)13-3-4-18-19(7-13)35(32-30-18)14(8-24)9-25/h3-4,7,11,14-15,17H,5-6,8-10H2,1-2H3,(H,28,31)/t15-,17+/m1/s1. The Bertz CT molecular complexity index is 1450. The van der Waals surface area contributed by atoms with E-state index in [-0.39, 0.29) is 35.4 Å². The van der Waals surface area contributed by atoms with E-state index in [4.69, 9.17) is 4.74 Å². The van der Waals surface area contributed by atoms with Crippen LogP contribution in [0.2, 0.25) is 0 Å². The van der Waals surface area contributed by atoms with Crippen molar-refractivity contribution in [2.75, 3.05) is 38.9 Å². The van der Waals surface area contributed by atoms with Gasteiger partial charge in [0.2, 0.25) is 17.7 Å². The van der Waals surface area contributed by atoms with Gasteiger partial charge in [0, 0.05) is 13.5 Å². The monoisotopic (exact) mass is 520 g/mol. The molecule has 4 aromatic rings. The number of fused-ring (bicyclic) bond motifs is 2. The molecule has 1 aliphatic rings. The van der Waals surface area contributed by atoms with Crippen molar-refractivity contribution in [3.63, 3.8) is 0 Å². The summed E-state index contributed by atoms with van der Waals surface area (Å²) in [5.74, 6) is -0.780. The van der Waals surface area contributed by atoms with Crippen LogP contribution in [0.25, 0.3) is 27.7 Å².